The average molecular weight is 416 g/mol. The van der Waals surface area contributed by atoms with Gasteiger partial charge in [-0.3, -0.25) is 9.89 Å². The number of aromatic amines is 1. The Morgan fingerprint density at radius 3 is 2.48 bits per heavy atom. The van der Waals surface area contributed by atoms with E-state index in [2.05, 4.69) is 50.2 Å². The highest BCUT2D eigenvalue weighted by molar-refractivity contribution is 9.10. The number of nitrogens with zero attached hydrogens (tertiary/aromatic N) is 2. The number of aryl methyl sites for hydroxylation is 1. The molecule has 6 heteroatoms. The number of Topliss-reactive ketones (excluding diaryl/α,β-unsaturated/α-hetero) is 1. The van der Waals surface area contributed by atoms with E-state index in [1.165, 1.54) is 17.3 Å². The molecule has 0 unspecified atom stereocenters. The number of thioether (sulfide) groups is 1. The fourth-order valence-electron chi connectivity index (χ4n) is 2.39. The molecule has 25 heavy (non-hydrogen) atoms. The van der Waals surface area contributed by atoms with E-state index >= 15 is 0 Å². The molecule has 0 aliphatic heterocycles. The Morgan fingerprint density at radius 2 is 1.84 bits per heavy atom. The van der Waals surface area contributed by atoms with E-state index in [1.54, 1.807) is 0 Å². The van der Waals surface area contributed by atoms with Crippen molar-refractivity contribution in [2.24, 2.45) is 0 Å². The Balaban J connectivity index is 1.69. The van der Waals surface area contributed by atoms with Crippen molar-refractivity contribution in [2.75, 3.05) is 0 Å². The van der Waals surface area contributed by atoms with Crippen LogP contribution in [0.4, 0.5) is 0 Å². The van der Waals surface area contributed by atoms with Crippen LogP contribution in [-0.4, -0.2) is 26.2 Å². The second kappa shape index (κ2) is 7.97. The summed E-state index contributed by atoms with van der Waals surface area (Å²) in [5.41, 5.74) is 2.96. The molecule has 1 heterocycles. The molecule has 3 rings (SSSR count). The molecule has 0 bridgehead atoms. The molecule has 0 saturated carbocycles. The number of hydrogen-bond donors (Lipinski definition) is 1. The van der Waals surface area contributed by atoms with Gasteiger partial charge in [-0.05, 0) is 31.0 Å². The zero-order chi connectivity index (χ0) is 17.8. The van der Waals surface area contributed by atoms with Crippen LogP contribution in [0.5, 0.6) is 0 Å². The lowest BCUT2D eigenvalue weighted by atomic mass is 10.1. The maximum absolute atomic E-state index is 12.5. The van der Waals surface area contributed by atoms with Gasteiger partial charge < -0.3 is 0 Å². The standard InChI is InChI=1S/C19H18BrN3OS/c1-3-13-4-6-15(7-5-13)18-21-19(23-22-18)25-12(2)17(24)14-8-10-16(20)11-9-14/h4-12H,3H2,1-2H3,(H,21,22,23)/t12-/m1/s1. The van der Waals surface area contributed by atoms with Crippen molar-refractivity contribution in [3.63, 3.8) is 0 Å². The summed E-state index contributed by atoms with van der Waals surface area (Å²) >= 11 is 4.74. The Morgan fingerprint density at radius 1 is 1.16 bits per heavy atom. The van der Waals surface area contributed by atoms with E-state index < -0.39 is 0 Å². The zero-order valence-corrected chi connectivity index (χ0v) is 16.4. The van der Waals surface area contributed by atoms with Gasteiger partial charge in [0.25, 0.3) is 0 Å². The number of ketones is 1. The molecular formula is C19H18BrN3OS. The minimum Gasteiger partial charge on any atom is -0.293 e. The van der Waals surface area contributed by atoms with Crippen molar-refractivity contribution in [3.8, 4) is 11.4 Å². The van der Waals surface area contributed by atoms with E-state index in [0.29, 0.717) is 16.5 Å². The topological polar surface area (TPSA) is 58.6 Å². The third-order valence-electron chi connectivity index (χ3n) is 3.88. The smallest absolute Gasteiger partial charge is 0.209 e. The molecule has 4 nitrogen and oxygen atoms in total. The van der Waals surface area contributed by atoms with Gasteiger partial charge in [-0.15, -0.1) is 5.10 Å². The third-order valence-corrected chi connectivity index (χ3v) is 5.37. The number of benzene rings is 2. The molecule has 3 aromatic rings. The lowest BCUT2D eigenvalue weighted by Crippen LogP contribution is -2.13. The first-order valence-electron chi connectivity index (χ1n) is 8.05. The lowest BCUT2D eigenvalue weighted by molar-refractivity contribution is 0.0994. The lowest BCUT2D eigenvalue weighted by Gasteiger charge is -2.07. The monoisotopic (exact) mass is 415 g/mol. The first-order chi connectivity index (χ1) is 12.1. The Bertz CT molecular complexity index is 859. The summed E-state index contributed by atoms with van der Waals surface area (Å²) < 4.78 is 0.956. The summed E-state index contributed by atoms with van der Waals surface area (Å²) in [5, 5.41) is 7.50. The largest absolute Gasteiger partial charge is 0.293 e. The van der Waals surface area contributed by atoms with Gasteiger partial charge in [0.05, 0.1) is 5.25 Å². The number of H-pyrrole nitrogens is 1. The molecule has 1 aromatic heterocycles. The van der Waals surface area contributed by atoms with Gasteiger partial charge >= 0.3 is 0 Å². The van der Waals surface area contributed by atoms with Crippen molar-refractivity contribution in [2.45, 2.75) is 30.7 Å². The van der Waals surface area contributed by atoms with E-state index in [1.807, 2.05) is 43.3 Å². The number of nitrogens with one attached hydrogen (secondary N) is 1. The fraction of sp³-hybridized carbons (Fsp3) is 0.211. The highest BCUT2D eigenvalue weighted by atomic mass is 79.9. The highest BCUT2D eigenvalue weighted by Crippen LogP contribution is 2.25. The second-order valence-electron chi connectivity index (χ2n) is 5.65. The average Bonchev–Trinajstić information content (AvgIpc) is 3.10. The maximum atomic E-state index is 12.5. The summed E-state index contributed by atoms with van der Waals surface area (Å²) in [5.74, 6) is 0.782. The SMILES string of the molecule is CCc1ccc(-c2nc(S[C@H](C)C(=O)c3ccc(Br)cc3)n[nH]2)cc1. The predicted molar refractivity (Wildman–Crippen MR) is 105 cm³/mol. The van der Waals surface area contributed by atoms with Crippen LogP contribution < -0.4 is 0 Å². The minimum absolute atomic E-state index is 0.0659. The number of aromatic nitrogens is 3. The van der Waals surface area contributed by atoms with Crippen molar-refractivity contribution >= 4 is 33.5 Å². The first kappa shape index (κ1) is 17.9. The van der Waals surface area contributed by atoms with Gasteiger partial charge in [0, 0.05) is 15.6 Å². The molecule has 1 atom stereocenters. The number of halogens is 1. The van der Waals surface area contributed by atoms with E-state index in [-0.39, 0.29) is 11.0 Å². The summed E-state index contributed by atoms with van der Waals surface area (Å²) in [6.45, 7) is 4.00. The van der Waals surface area contributed by atoms with Crippen LogP contribution in [0.15, 0.2) is 58.2 Å². The molecule has 0 aliphatic carbocycles. The second-order valence-corrected chi connectivity index (χ2v) is 7.87. The van der Waals surface area contributed by atoms with Gasteiger partial charge in [-0.1, -0.05) is 71.0 Å². The maximum Gasteiger partial charge on any atom is 0.209 e. The summed E-state index contributed by atoms with van der Waals surface area (Å²) in [6.07, 6.45) is 1.01. The van der Waals surface area contributed by atoms with Gasteiger partial charge in [0.2, 0.25) is 5.16 Å². The quantitative estimate of drug-likeness (QED) is 0.446. The van der Waals surface area contributed by atoms with Gasteiger partial charge in [-0.2, -0.15) is 0 Å². The van der Waals surface area contributed by atoms with Crippen molar-refractivity contribution in [3.05, 3.63) is 64.1 Å². The fourth-order valence-corrected chi connectivity index (χ4v) is 3.45. The van der Waals surface area contributed by atoms with E-state index in [0.717, 1.165) is 16.5 Å². The molecule has 0 radical (unpaired) electrons. The molecule has 128 valence electrons. The van der Waals surface area contributed by atoms with Crippen molar-refractivity contribution in [1.82, 2.24) is 15.2 Å². The van der Waals surface area contributed by atoms with E-state index in [4.69, 9.17) is 0 Å². The summed E-state index contributed by atoms with van der Waals surface area (Å²) in [7, 11) is 0. The minimum atomic E-state index is -0.257. The molecule has 2 aromatic carbocycles. The van der Waals surface area contributed by atoms with Crippen LogP contribution in [-0.2, 0) is 6.42 Å². The number of carbonyl (C=O) groups is 1. The van der Waals surface area contributed by atoms with Gasteiger partial charge in [-0.25, -0.2) is 4.98 Å². The van der Waals surface area contributed by atoms with Crippen LogP contribution in [0.2, 0.25) is 0 Å². The molecule has 1 N–H and O–H groups in total. The van der Waals surface area contributed by atoms with Gasteiger partial charge in [0.1, 0.15) is 0 Å². The van der Waals surface area contributed by atoms with Crippen LogP contribution in [0.25, 0.3) is 11.4 Å². The third kappa shape index (κ3) is 4.38. The number of hydrogen-bond acceptors (Lipinski definition) is 4. The number of rotatable bonds is 6. The Kier molecular flexibility index (Phi) is 5.71. The predicted octanol–water partition coefficient (Wildman–Crippen LogP) is 5.16. The molecule has 0 amide bonds. The molecule has 0 aliphatic rings. The number of carbonyl (C=O) groups excluding carboxylic acids is 1. The van der Waals surface area contributed by atoms with Crippen LogP contribution in [0.3, 0.4) is 0 Å². The summed E-state index contributed by atoms with van der Waals surface area (Å²) in [6, 6.07) is 15.6. The van der Waals surface area contributed by atoms with Crippen LogP contribution >= 0.6 is 27.7 Å². The molecule has 0 saturated heterocycles. The van der Waals surface area contributed by atoms with Gasteiger partial charge in [0.15, 0.2) is 11.6 Å². The molecule has 0 spiro atoms. The first-order valence-corrected chi connectivity index (χ1v) is 9.72. The van der Waals surface area contributed by atoms with Crippen molar-refractivity contribution in [1.29, 1.82) is 0 Å². The van der Waals surface area contributed by atoms with E-state index in [9.17, 15) is 4.79 Å². The van der Waals surface area contributed by atoms with Crippen LogP contribution in [0.1, 0.15) is 29.8 Å². The Hall–Kier alpha value is -1.92. The summed E-state index contributed by atoms with van der Waals surface area (Å²) in [4.78, 5) is 17.0. The molecular weight excluding hydrogens is 398 g/mol. The molecule has 0 fully saturated rings. The van der Waals surface area contributed by atoms with Crippen molar-refractivity contribution < 1.29 is 4.79 Å². The Labute approximate surface area is 159 Å². The highest BCUT2D eigenvalue weighted by Gasteiger charge is 2.19. The normalized spacial score (nSPS) is 12.1. The zero-order valence-electron chi connectivity index (χ0n) is 14.0. The van der Waals surface area contributed by atoms with Crippen LogP contribution in [0, 0.1) is 0 Å².